The van der Waals surface area contributed by atoms with Gasteiger partial charge in [0.15, 0.2) is 5.78 Å². The molecular formula is C11H15NO2. The van der Waals surface area contributed by atoms with Gasteiger partial charge in [0.05, 0.1) is 0 Å². The summed E-state index contributed by atoms with van der Waals surface area (Å²) in [4.78, 5) is 11.6. The Bertz CT molecular complexity index is 354. The normalized spacial score (nSPS) is 20.9. The summed E-state index contributed by atoms with van der Waals surface area (Å²) in [5.41, 5.74) is 1.63. The number of hydrogen-bond acceptors (Lipinski definition) is 3. The molecule has 0 fully saturated rings. The molecule has 1 aliphatic carbocycles. The Morgan fingerprint density at radius 1 is 1.29 bits per heavy atom. The second-order valence-electron chi connectivity index (χ2n) is 4.48. The van der Waals surface area contributed by atoms with Crippen LogP contribution >= 0.6 is 0 Å². The van der Waals surface area contributed by atoms with E-state index in [0.29, 0.717) is 16.9 Å². The minimum absolute atomic E-state index is 0.00222. The Morgan fingerprint density at radius 3 is 2.29 bits per heavy atom. The highest BCUT2D eigenvalue weighted by molar-refractivity contribution is 6.21. The summed E-state index contributed by atoms with van der Waals surface area (Å²) in [5.74, 6) is 0.00222. The predicted molar refractivity (Wildman–Crippen MR) is 55.5 cm³/mol. The Kier molecular flexibility index (Phi) is 2.60. The first-order valence-corrected chi connectivity index (χ1v) is 4.53. The van der Waals surface area contributed by atoms with Crippen molar-refractivity contribution >= 4 is 11.5 Å². The molecule has 0 heterocycles. The van der Waals surface area contributed by atoms with Gasteiger partial charge in [-0.2, -0.15) is 0 Å². The van der Waals surface area contributed by atoms with E-state index in [0.717, 1.165) is 0 Å². The number of carbonyl (C=O) groups excluding carboxylic acids is 1. The van der Waals surface area contributed by atoms with Crippen LogP contribution in [0.2, 0.25) is 0 Å². The van der Waals surface area contributed by atoms with Gasteiger partial charge >= 0.3 is 0 Å². The standard InChI is InChI=1S/C11H15NO2/c1-7-5-10(13)8(11(2,3)4)6-9(7)12-14/h5-6,14H,1-4H3. The van der Waals surface area contributed by atoms with Gasteiger partial charge in [-0.25, -0.2) is 0 Å². The third-order valence-electron chi connectivity index (χ3n) is 2.21. The summed E-state index contributed by atoms with van der Waals surface area (Å²) in [5, 5.41) is 11.9. The van der Waals surface area contributed by atoms with Crippen LogP contribution in [-0.2, 0) is 4.79 Å². The second kappa shape index (κ2) is 3.40. The van der Waals surface area contributed by atoms with E-state index in [1.165, 1.54) is 6.08 Å². The highest BCUT2D eigenvalue weighted by atomic mass is 16.4. The van der Waals surface area contributed by atoms with Crippen molar-refractivity contribution in [2.75, 3.05) is 0 Å². The van der Waals surface area contributed by atoms with Crippen LogP contribution in [0.3, 0.4) is 0 Å². The molecule has 0 aromatic carbocycles. The molecule has 3 nitrogen and oxygen atoms in total. The molecular weight excluding hydrogens is 178 g/mol. The maximum atomic E-state index is 11.6. The molecule has 1 N–H and O–H groups in total. The molecule has 0 spiro atoms. The van der Waals surface area contributed by atoms with Crippen molar-refractivity contribution in [2.24, 2.45) is 10.6 Å². The molecule has 76 valence electrons. The van der Waals surface area contributed by atoms with Crippen LogP contribution in [-0.4, -0.2) is 16.7 Å². The summed E-state index contributed by atoms with van der Waals surface area (Å²) in [6, 6.07) is 0. The molecule has 0 bridgehead atoms. The van der Waals surface area contributed by atoms with Gasteiger partial charge in [-0.15, -0.1) is 0 Å². The summed E-state index contributed by atoms with van der Waals surface area (Å²) in [7, 11) is 0. The van der Waals surface area contributed by atoms with E-state index >= 15 is 0 Å². The van der Waals surface area contributed by atoms with Crippen molar-refractivity contribution in [3.05, 3.63) is 23.3 Å². The lowest BCUT2D eigenvalue weighted by molar-refractivity contribution is -0.112. The Balaban J connectivity index is 3.18. The van der Waals surface area contributed by atoms with Crippen LogP contribution in [0.4, 0.5) is 0 Å². The lowest BCUT2D eigenvalue weighted by Crippen LogP contribution is -2.22. The Hall–Kier alpha value is -1.38. The first-order valence-electron chi connectivity index (χ1n) is 4.53. The number of oxime groups is 1. The number of hydrogen-bond donors (Lipinski definition) is 1. The smallest absolute Gasteiger partial charge is 0.182 e. The topological polar surface area (TPSA) is 49.7 Å². The van der Waals surface area contributed by atoms with Crippen LogP contribution in [0.5, 0.6) is 0 Å². The third kappa shape index (κ3) is 1.92. The molecule has 14 heavy (non-hydrogen) atoms. The minimum Gasteiger partial charge on any atom is -0.410 e. The third-order valence-corrected chi connectivity index (χ3v) is 2.21. The van der Waals surface area contributed by atoms with E-state index in [2.05, 4.69) is 5.16 Å². The molecule has 1 aliphatic rings. The average Bonchev–Trinajstić information content (AvgIpc) is 2.02. The number of ketones is 1. The van der Waals surface area contributed by atoms with Crippen LogP contribution in [0.1, 0.15) is 27.7 Å². The van der Waals surface area contributed by atoms with Gasteiger partial charge < -0.3 is 5.21 Å². The molecule has 0 unspecified atom stereocenters. The summed E-state index contributed by atoms with van der Waals surface area (Å²) in [6.45, 7) is 7.63. The molecule has 0 atom stereocenters. The summed E-state index contributed by atoms with van der Waals surface area (Å²) in [6.07, 6.45) is 3.16. The number of allylic oxidation sites excluding steroid dienone is 4. The zero-order chi connectivity index (χ0) is 10.9. The quantitative estimate of drug-likeness (QED) is 0.364. The molecule has 0 aromatic rings. The summed E-state index contributed by atoms with van der Waals surface area (Å²) < 4.78 is 0. The highest BCUT2D eigenvalue weighted by Gasteiger charge is 2.26. The lowest BCUT2D eigenvalue weighted by Gasteiger charge is -2.23. The van der Waals surface area contributed by atoms with Crippen LogP contribution < -0.4 is 0 Å². The van der Waals surface area contributed by atoms with E-state index in [-0.39, 0.29) is 11.2 Å². The Morgan fingerprint density at radius 2 is 1.86 bits per heavy atom. The fraction of sp³-hybridized carbons (Fsp3) is 0.455. The van der Waals surface area contributed by atoms with Gasteiger partial charge in [0.2, 0.25) is 0 Å². The van der Waals surface area contributed by atoms with Crippen molar-refractivity contribution in [3.63, 3.8) is 0 Å². The molecule has 0 radical (unpaired) electrons. The van der Waals surface area contributed by atoms with Crippen molar-refractivity contribution in [2.45, 2.75) is 27.7 Å². The fourth-order valence-electron chi connectivity index (χ4n) is 1.36. The van der Waals surface area contributed by atoms with Gasteiger partial charge in [-0.3, -0.25) is 4.79 Å². The molecule has 0 saturated carbocycles. The average molecular weight is 193 g/mol. The molecule has 0 amide bonds. The van der Waals surface area contributed by atoms with Gasteiger partial charge in [0.1, 0.15) is 5.71 Å². The highest BCUT2D eigenvalue weighted by Crippen LogP contribution is 2.29. The van der Waals surface area contributed by atoms with E-state index in [4.69, 9.17) is 5.21 Å². The van der Waals surface area contributed by atoms with Gasteiger partial charge in [-0.05, 0) is 30.1 Å². The molecule has 1 rings (SSSR count). The molecule has 0 aliphatic heterocycles. The van der Waals surface area contributed by atoms with E-state index < -0.39 is 0 Å². The van der Waals surface area contributed by atoms with Crippen LogP contribution in [0.25, 0.3) is 0 Å². The predicted octanol–water partition coefficient (Wildman–Crippen LogP) is 2.32. The first kappa shape index (κ1) is 10.7. The van der Waals surface area contributed by atoms with Gasteiger partial charge in [0, 0.05) is 5.57 Å². The van der Waals surface area contributed by atoms with Crippen molar-refractivity contribution < 1.29 is 10.0 Å². The largest absolute Gasteiger partial charge is 0.410 e. The van der Waals surface area contributed by atoms with Crippen molar-refractivity contribution in [3.8, 4) is 0 Å². The maximum absolute atomic E-state index is 11.6. The fourth-order valence-corrected chi connectivity index (χ4v) is 1.36. The van der Waals surface area contributed by atoms with E-state index in [9.17, 15) is 4.79 Å². The monoisotopic (exact) mass is 193 g/mol. The molecule has 0 saturated heterocycles. The zero-order valence-corrected chi connectivity index (χ0v) is 8.96. The molecule has 0 aromatic heterocycles. The second-order valence-corrected chi connectivity index (χ2v) is 4.48. The Labute approximate surface area is 83.8 Å². The number of rotatable bonds is 0. The van der Waals surface area contributed by atoms with Crippen LogP contribution in [0.15, 0.2) is 28.5 Å². The van der Waals surface area contributed by atoms with Gasteiger partial charge in [-0.1, -0.05) is 25.9 Å². The van der Waals surface area contributed by atoms with E-state index in [1.54, 1.807) is 13.0 Å². The SMILES string of the molecule is CC1=CC(=O)C(C(C)(C)C)=CC1=NO. The van der Waals surface area contributed by atoms with E-state index in [1.807, 2.05) is 20.8 Å². The first-order chi connectivity index (χ1) is 6.36. The maximum Gasteiger partial charge on any atom is 0.182 e. The minimum atomic E-state index is -0.218. The number of carbonyl (C=O) groups is 1. The molecule has 3 heteroatoms. The van der Waals surface area contributed by atoms with Crippen LogP contribution in [0, 0.1) is 5.41 Å². The van der Waals surface area contributed by atoms with Crippen molar-refractivity contribution in [1.29, 1.82) is 0 Å². The van der Waals surface area contributed by atoms with Gasteiger partial charge in [0.25, 0.3) is 0 Å². The van der Waals surface area contributed by atoms with Crippen molar-refractivity contribution in [1.82, 2.24) is 0 Å². The number of nitrogens with zero attached hydrogens (tertiary/aromatic N) is 1. The summed E-state index contributed by atoms with van der Waals surface area (Å²) >= 11 is 0. The lowest BCUT2D eigenvalue weighted by atomic mass is 9.80. The zero-order valence-electron chi connectivity index (χ0n) is 8.96.